The third kappa shape index (κ3) is 4.31. The number of hydrogen-bond donors (Lipinski definition) is 2. The molecule has 1 fully saturated rings. The van der Waals surface area contributed by atoms with Crippen LogP contribution in [0.15, 0.2) is 42.5 Å². The van der Waals surface area contributed by atoms with Gasteiger partial charge in [-0.15, -0.1) is 0 Å². The third-order valence-electron chi connectivity index (χ3n) is 6.73. The Kier molecular flexibility index (Phi) is 6.97. The number of aliphatic hydroxyl groups is 2. The van der Waals surface area contributed by atoms with Crippen LogP contribution in [0.3, 0.4) is 0 Å². The molecular weight excluding hydrogens is 458 g/mol. The van der Waals surface area contributed by atoms with Crippen LogP contribution in [-0.4, -0.2) is 77.8 Å². The number of rotatable bonds is 7. The van der Waals surface area contributed by atoms with Gasteiger partial charge in [0.05, 0.1) is 10.5 Å². The van der Waals surface area contributed by atoms with E-state index in [1.807, 2.05) is 0 Å². The minimum atomic E-state index is -3.56. The van der Waals surface area contributed by atoms with Gasteiger partial charge in [0.15, 0.2) is 21.4 Å². The maximum atomic E-state index is 13.1. The standard InChI is InChI=1S/C25H27NO7S/c27-13-9-18(10-14-28)34(32,33)17-7-11-26(12-8-17)25(31)16-5-6-21-22(15-16)24(30)20-4-2-1-3-19(20)23(21)29/h1-6,15,17-18,27-28H,7-14H2. The van der Waals surface area contributed by atoms with Gasteiger partial charge in [0, 0.05) is 54.1 Å². The molecule has 0 atom stereocenters. The lowest BCUT2D eigenvalue weighted by atomic mass is 9.83. The van der Waals surface area contributed by atoms with Crippen LogP contribution in [0.5, 0.6) is 0 Å². The molecule has 8 nitrogen and oxygen atoms in total. The predicted octanol–water partition coefficient (Wildman–Crippen LogP) is 1.61. The molecule has 1 aliphatic heterocycles. The summed E-state index contributed by atoms with van der Waals surface area (Å²) in [6.45, 7) is -0.0719. The summed E-state index contributed by atoms with van der Waals surface area (Å²) in [5.74, 6) is -0.876. The van der Waals surface area contributed by atoms with Crippen LogP contribution in [0.25, 0.3) is 0 Å². The summed E-state index contributed by atoms with van der Waals surface area (Å²) in [7, 11) is -3.56. The van der Waals surface area contributed by atoms with Gasteiger partial charge in [-0.2, -0.15) is 0 Å². The number of fused-ring (bicyclic) bond motifs is 2. The van der Waals surface area contributed by atoms with E-state index in [2.05, 4.69) is 0 Å². The maximum Gasteiger partial charge on any atom is 0.253 e. The Morgan fingerprint density at radius 1 is 0.882 bits per heavy atom. The summed E-state index contributed by atoms with van der Waals surface area (Å²) < 4.78 is 25.9. The molecule has 0 saturated carbocycles. The number of ketones is 2. The largest absolute Gasteiger partial charge is 0.396 e. The summed E-state index contributed by atoms with van der Waals surface area (Å²) in [6.07, 6.45) is 0.675. The highest BCUT2D eigenvalue weighted by Gasteiger charge is 2.37. The number of benzene rings is 2. The Morgan fingerprint density at radius 3 is 1.97 bits per heavy atom. The fourth-order valence-corrected chi connectivity index (χ4v) is 7.12. The molecule has 0 spiro atoms. The van der Waals surface area contributed by atoms with Crippen molar-refractivity contribution in [2.75, 3.05) is 26.3 Å². The van der Waals surface area contributed by atoms with Crippen molar-refractivity contribution in [1.29, 1.82) is 0 Å². The summed E-state index contributed by atoms with van der Waals surface area (Å²) >= 11 is 0. The van der Waals surface area contributed by atoms with Crippen molar-refractivity contribution in [3.63, 3.8) is 0 Å². The zero-order valence-corrected chi connectivity index (χ0v) is 19.5. The minimum absolute atomic E-state index is 0.0764. The normalized spacial score (nSPS) is 16.5. The van der Waals surface area contributed by atoms with E-state index in [4.69, 9.17) is 0 Å². The monoisotopic (exact) mass is 485 g/mol. The number of hydrogen-bond acceptors (Lipinski definition) is 7. The lowest BCUT2D eigenvalue weighted by Crippen LogP contribution is -2.45. The second-order valence-corrected chi connectivity index (χ2v) is 11.2. The molecule has 0 radical (unpaired) electrons. The van der Waals surface area contributed by atoms with Crippen LogP contribution in [0.4, 0.5) is 0 Å². The molecule has 9 heteroatoms. The van der Waals surface area contributed by atoms with Gasteiger partial charge >= 0.3 is 0 Å². The van der Waals surface area contributed by atoms with Gasteiger partial charge in [0.2, 0.25) is 0 Å². The van der Waals surface area contributed by atoms with Crippen molar-refractivity contribution in [1.82, 2.24) is 4.90 Å². The molecule has 34 heavy (non-hydrogen) atoms. The lowest BCUT2D eigenvalue weighted by molar-refractivity contribution is 0.0725. The van der Waals surface area contributed by atoms with Crippen LogP contribution in [0.2, 0.25) is 0 Å². The number of piperidine rings is 1. The first-order valence-corrected chi connectivity index (χ1v) is 13.0. The van der Waals surface area contributed by atoms with Crippen molar-refractivity contribution >= 4 is 27.3 Å². The summed E-state index contributed by atoms with van der Waals surface area (Å²) in [4.78, 5) is 40.4. The molecule has 4 rings (SSSR count). The average Bonchev–Trinajstić information content (AvgIpc) is 2.86. The molecule has 180 valence electrons. The maximum absolute atomic E-state index is 13.1. The number of amides is 1. The molecule has 1 amide bonds. The number of carbonyl (C=O) groups is 3. The van der Waals surface area contributed by atoms with Crippen molar-refractivity contribution < 1.29 is 33.0 Å². The third-order valence-corrected chi connectivity index (χ3v) is 9.53. The highest BCUT2D eigenvalue weighted by Crippen LogP contribution is 2.29. The average molecular weight is 486 g/mol. The highest BCUT2D eigenvalue weighted by atomic mass is 32.2. The van der Waals surface area contributed by atoms with Crippen LogP contribution in [0.1, 0.15) is 67.9 Å². The van der Waals surface area contributed by atoms with Gasteiger partial charge in [-0.1, -0.05) is 24.3 Å². The van der Waals surface area contributed by atoms with E-state index in [-0.39, 0.29) is 86.2 Å². The fraction of sp³-hybridized carbons (Fsp3) is 0.400. The quantitative estimate of drug-likeness (QED) is 0.520. The number of sulfone groups is 1. The molecule has 1 saturated heterocycles. The molecule has 2 aromatic carbocycles. The highest BCUT2D eigenvalue weighted by molar-refractivity contribution is 7.92. The lowest BCUT2D eigenvalue weighted by Gasteiger charge is -2.33. The molecule has 2 aliphatic rings. The predicted molar refractivity (Wildman–Crippen MR) is 125 cm³/mol. The number of aliphatic hydroxyl groups excluding tert-OH is 2. The first-order valence-electron chi connectivity index (χ1n) is 11.4. The van der Waals surface area contributed by atoms with Crippen LogP contribution >= 0.6 is 0 Å². The van der Waals surface area contributed by atoms with Crippen LogP contribution < -0.4 is 0 Å². The van der Waals surface area contributed by atoms with Crippen molar-refractivity contribution in [2.24, 2.45) is 0 Å². The number of likely N-dealkylation sites (tertiary alicyclic amines) is 1. The van der Waals surface area contributed by atoms with E-state index in [0.29, 0.717) is 11.1 Å². The number of carbonyl (C=O) groups excluding carboxylic acids is 3. The Labute approximate surface area is 198 Å². The van der Waals surface area contributed by atoms with Crippen molar-refractivity contribution in [3.05, 3.63) is 70.3 Å². The van der Waals surface area contributed by atoms with Crippen molar-refractivity contribution in [2.45, 2.75) is 36.2 Å². The number of nitrogens with zero attached hydrogens (tertiary/aromatic N) is 1. The van der Waals surface area contributed by atoms with Crippen LogP contribution in [0, 0.1) is 0 Å². The van der Waals surface area contributed by atoms with Gasteiger partial charge in [-0.25, -0.2) is 8.42 Å². The van der Waals surface area contributed by atoms with E-state index in [1.54, 1.807) is 29.2 Å². The molecule has 2 N–H and O–H groups in total. The van der Waals surface area contributed by atoms with E-state index in [0.717, 1.165) is 0 Å². The molecule has 0 unspecified atom stereocenters. The molecular formula is C25H27NO7S. The summed E-state index contributed by atoms with van der Waals surface area (Å²) in [5.41, 5.74) is 1.41. The van der Waals surface area contributed by atoms with Crippen LogP contribution in [-0.2, 0) is 9.84 Å². The minimum Gasteiger partial charge on any atom is -0.396 e. The van der Waals surface area contributed by atoms with Gasteiger partial charge in [-0.3, -0.25) is 14.4 Å². The Hall–Kier alpha value is -2.88. The Morgan fingerprint density at radius 2 is 1.41 bits per heavy atom. The summed E-state index contributed by atoms with van der Waals surface area (Å²) in [5, 5.41) is 16.9. The molecule has 1 heterocycles. The Balaban J connectivity index is 1.49. The van der Waals surface area contributed by atoms with E-state index in [9.17, 15) is 33.0 Å². The smallest absolute Gasteiger partial charge is 0.253 e. The van der Waals surface area contributed by atoms with Gasteiger partial charge in [0.25, 0.3) is 5.91 Å². The second-order valence-electron chi connectivity index (χ2n) is 8.69. The molecule has 0 aromatic heterocycles. The SMILES string of the molecule is O=C1c2ccccc2C(=O)c2cc(C(=O)N3CCC(S(=O)(=O)C(CCO)CCO)CC3)ccc21. The second kappa shape index (κ2) is 9.77. The van der Waals surface area contributed by atoms with Gasteiger partial charge in [0.1, 0.15) is 0 Å². The topological polar surface area (TPSA) is 129 Å². The van der Waals surface area contributed by atoms with Gasteiger partial charge in [-0.05, 0) is 43.9 Å². The first-order chi connectivity index (χ1) is 16.3. The van der Waals surface area contributed by atoms with E-state index >= 15 is 0 Å². The summed E-state index contributed by atoms with van der Waals surface area (Å²) in [6, 6.07) is 11.1. The van der Waals surface area contributed by atoms with Gasteiger partial charge < -0.3 is 15.1 Å². The van der Waals surface area contributed by atoms with E-state index < -0.39 is 20.3 Å². The first kappa shape index (κ1) is 24.3. The molecule has 2 aromatic rings. The van der Waals surface area contributed by atoms with Crippen molar-refractivity contribution in [3.8, 4) is 0 Å². The zero-order chi connectivity index (χ0) is 24.5. The molecule has 0 bridgehead atoms. The Bertz CT molecular complexity index is 1220. The zero-order valence-electron chi connectivity index (χ0n) is 18.6. The van der Waals surface area contributed by atoms with E-state index in [1.165, 1.54) is 18.2 Å². The fourth-order valence-electron chi connectivity index (χ4n) is 4.84. The molecule has 1 aliphatic carbocycles.